The van der Waals surface area contributed by atoms with Gasteiger partial charge in [-0.2, -0.15) is 0 Å². The highest BCUT2D eigenvalue weighted by Gasteiger charge is 2.04. The van der Waals surface area contributed by atoms with Crippen LogP contribution in [0, 0.1) is 12.3 Å². The Hall–Kier alpha value is -0.960. The molecule has 0 fully saturated rings. The van der Waals surface area contributed by atoms with E-state index in [1.165, 1.54) is 6.92 Å². The zero-order chi connectivity index (χ0) is 12.5. The minimum absolute atomic E-state index is 0.0331. The molecule has 1 rings (SSSR count). The first-order valence-corrected chi connectivity index (χ1v) is 7.33. The Balaban J connectivity index is 2.25. The molecule has 0 aliphatic carbocycles. The summed E-state index contributed by atoms with van der Waals surface area (Å²) in [5, 5.41) is 8.13. The largest absolute Gasteiger partial charge is 0.325 e. The zero-order valence-electron chi connectivity index (χ0n) is 9.79. The summed E-state index contributed by atoms with van der Waals surface area (Å²) in [7, 11) is 0. The SMILES string of the molecule is C#CCSCCNCc1sccc1NC(C)=O. The molecule has 1 heterocycles. The molecule has 3 nitrogen and oxygen atoms in total. The van der Waals surface area contributed by atoms with Crippen LogP contribution in [0.5, 0.6) is 0 Å². The second-order valence-electron chi connectivity index (χ2n) is 3.37. The van der Waals surface area contributed by atoms with Crippen LogP contribution in [-0.2, 0) is 11.3 Å². The summed E-state index contributed by atoms with van der Waals surface area (Å²) in [4.78, 5) is 12.1. The molecule has 0 aromatic carbocycles. The first kappa shape index (κ1) is 14.1. The van der Waals surface area contributed by atoms with E-state index in [1.54, 1.807) is 23.1 Å². The molecule has 1 aromatic rings. The maximum absolute atomic E-state index is 11.0. The van der Waals surface area contributed by atoms with E-state index < -0.39 is 0 Å². The highest BCUT2D eigenvalue weighted by Crippen LogP contribution is 2.21. The molecule has 5 heteroatoms. The number of hydrogen-bond donors (Lipinski definition) is 2. The van der Waals surface area contributed by atoms with Crippen molar-refractivity contribution in [3.05, 3.63) is 16.3 Å². The number of thioether (sulfide) groups is 1. The molecule has 0 saturated heterocycles. The molecule has 0 spiro atoms. The average Bonchev–Trinajstić information content (AvgIpc) is 2.70. The number of hydrogen-bond acceptors (Lipinski definition) is 4. The molecule has 2 N–H and O–H groups in total. The van der Waals surface area contributed by atoms with E-state index in [4.69, 9.17) is 6.42 Å². The van der Waals surface area contributed by atoms with Crippen LogP contribution in [0.2, 0.25) is 0 Å². The molecule has 0 aliphatic rings. The summed E-state index contributed by atoms with van der Waals surface area (Å²) in [6, 6.07) is 1.93. The topological polar surface area (TPSA) is 41.1 Å². The van der Waals surface area contributed by atoms with Gasteiger partial charge in [0.05, 0.1) is 11.4 Å². The maximum Gasteiger partial charge on any atom is 0.221 e. The van der Waals surface area contributed by atoms with E-state index in [0.29, 0.717) is 0 Å². The highest BCUT2D eigenvalue weighted by molar-refractivity contribution is 7.99. The zero-order valence-corrected chi connectivity index (χ0v) is 11.4. The summed E-state index contributed by atoms with van der Waals surface area (Å²) < 4.78 is 0. The van der Waals surface area contributed by atoms with Gasteiger partial charge in [-0.25, -0.2) is 0 Å². The number of rotatable bonds is 7. The third kappa shape index (κ3) is 5.78. The molecule has 17 heavy (non-hydrogen) atoms. The number of thiophene rings is 1. The molecular weight excluding hydrogens is 252 g/mol. The third-order valence-electron chi connectivity index (χ3n) is 1.95. The van der Waals surface area contributed by atoms with E-state index in [9.17, 15) is 4.79 Å². The number of terminal acetylenes is 1. The van der Waals surface area contributed by atoms with Gasteiger partial charge in [0.2, 0.25) is 5.91 Å². The number of amides is 1. The monoisotopic (exact) mass is 268 g/mol. The second-order valence-corrected chi connectivity index (χ2v) is 5.48. The average molecular weight is 268 g/mol. The molecule has 1 amide bonds. The van der Waals surface area contributed by atoms with Gasteiger partial charge >= 0.3 is 0 Å². The molecule has 0 atom stereocenters. The van der Waals surface area contributed by atoms with Gasteiger partial charge in [-0.15, -0.1) is 29.5 Å². The van der Waals surface area contributed by atoms with Crippen molar-refractivity contribution in [2.45, 2.75) is 13.5 Å². The summed E-state index contributed by atoms with van der Waals surface area (Å²) in [5.74, 6) is 4.33. The summed E-state index contributed by atoms with van der Waals surface area (Å²) in [6.07, 6.45) is 5.16. The predicted octanol–water partition coefficient (Wildman–Crippen LogP) is 2.16. The Morgan fingerprint density at radius 3 is 3.18 bits per heavy atom. The molecule has 92 valence electrons. The maximum atomic E-state index is 11.0. The quantitative estimate of drug-likeness (QED) is 0.588. The third-order valence-corrected chi connectivity index (χ3v) is 3.73. The Morgan fingerprint density at radius 1 is 1.65 bits per heavy atom. The lowest BCUT2D eigenvalue weighted by atomic mass is 10.3. The summed E-state index contributed by atoms with van der Waals surface area (Å²) in [5.41, 5.74) is 0.909. The van der Waals surface area contributed by atoms with E-state index >= 15 is 0 Å². The van der Waals surface area contributed by atoms with Gasteiger partial charge in [0, 0.05) is 30.6 Å². The van der Waals surface area contributed by atoms with Crippen molar-refractivity contribution >= 4 is 34.7 Å². The normalized spacial score (nSPS) is 9.88. The van der Waals surface area contributed by atoms with Crippen molar-refractivity contribution in [1.82, 2.24) is 5.32 Å². The minimum atomic E-state index is -0.0331. The standard InChI is InChI=1S/C12H16N2OS2/c1-3-6-16-8-5-13-9-12-11(4-7-17-12)14-10(2)15/h1,4,7,13H,5-6,8-9H2,2H3,(H,14,15). The molecule has 1 aromatic heterocycles. The molecule has 0 aliphatic heterocycles. The van der Waals surface area contributed by atoms with Crippen molar-refractivity contribution in [3.63, 3.8) is 0 Å². The van der Waals surface area contributed by atoms with Gasteiger partial charge in [-0.3, -0.25) is 4.79 Å². The van der Waals surface area contributed by atoms with Crippen LogP contribution in [-0.4, -0.2) is 24.0 Å². The van der Waals surface area contributed by atoms with Gasteiger partial charge < -0.3 is 10.6 Å². The lowest BCUT2D eigenvalue weighted by Crippen LogP contribution is -2.17. The Kier molecular flexibility index (Phi) is 6.78. The van der Waals surface area contributed by atoms with Gasteiger partial charge in [-0.05, 0) is 11.4 Å². The second kappa shape index (κ2) is 8.18. The smallest absolute Gasteiger partial charge is 0.221 e. The van der Waals surface area contributed by atoms with Crippen molar-refractivity contribution in [2.75, 3.05) is 23.4 Å². The van der Waals surface area contributed by atoms with Crippen LogP contribution >= 0.6 is 23.1 Å². The summed E-state index contributed by atoms with van der Waals surface area (Å²) in [6.45, 7) is 3.22. The number of carbonyl (C=O) groups excluding carboxylic acids is 1. The van der Waals surface area contributed by atoms with Gasteiger partial charge in [0.25, 0.3) is 0 Å². The lowest BCUT2D eigenvalue weighted by Gasteiger charge is -2.05. The van der Waals surface area contributed by atoms with Crippen LogP contribution in [0.1, 0.15) is 11.8 Å². The van der Waals surface area contributed by atoms with Crippen LogP contribution in [0.4, 0.5) is 5.69 Å². The van der Waals surface area contributed by atoms with Crippen molar-refractivity contribution < 1.29 is 4.79 Å². The fourth-order valence-corrected chi connectivity index (χ4v) is 2.61. The molecule has 0 unspecified atom stereocenters. The number of nitrogens with one attached hydrogen (secondary N) is 2. The first-order chi connectivity index (χ1) is 8.24. The first-order valence-electron chi connectivity index (χ1n) is 5.30. The van der Waals surface area contributed by atoms with Crippen LogP contribution in [0.25, 0.3) is 0 Å². The number of carbonyl (C=O) groups is 1. The molecule has 0 radical (unpaired) electrons. The fraction of sp³-hybridized carbons (Fsp3) is 0.417. The van der Waals surface area contributed by atoms with Crippen LogP contribution in [0.3, 0.4) is 0 Å². The van der Waals surface area contributed by atoms with Crippen molar-refractivity contribution in [3.8, 4) is 12.3 Å². The Bertz CT molecular complexity index is 395. The van der Waals surface area contributed by atoms with Crippen molar-refractivity contribution in [1.29, 1.82) is 0 Å². The van der Waals surface area contributed by atoms with Gasteiger partial charge in [0.15, 0.2) is 0 Å². The predicted molar refractivity (Wildman–Crippen MR) is 76.5 cm³/mol. The molecule has 0 saturated carbocycles. The van der Waals surface area contributed by atoms with Crippen molar-refractivity contribution in [2.24, 2.45) is 0 Å². The molecule has 0 bridgehead atoms. The van der Waals surface area contributed by atoms with E-state index in [0.717, 1.165) is 35.2 Å². The minimum Gasteiger partial charge on any atom is -0.325 e. The van der Waals surface area contributed by atoms with E-state index in [1.807, 2.05) is 11.4 Å². The highest BCUT2D eigenvalue weighted by atomic mass is 32.2. The van der Waals surface area contributed by atoms with Gasteiger partial charge in [0.1, 0.15) is 0 Å². The molecular formula is C12H16N2OS2. The van der Waals surface area contributed by atoms with Crippen LogP contribution < -0.4 is 10.6 Å². The fourth-order valence-electron chi connectivity index (χ4n) is 1.26. The lowest BCUT2D eigenvalue weighted by molar-refractivity contribution is -0.114. The van der Waals surface area contributed by atoms with E-state index in [2.05, 4.69) is 16.6 Å². The van der Waals surface area contributed by atoms with E-state index in [-0.39, 0.29) is 5.91 Å². The van der Waals surface area contributed by atoms with Gasteiger partial charge in [-0.1, -0.05) is 5.92 Å². The Morgan fingerprint density at radius 2 is 2.47 bits per heavy atom. The number of anilines is 1. The summed E-state index contributed by atoms with van der Waals surface area (Å²) >= 11 is 3.38. The Labute approximate surface area is 110 Å². The van der Waals surface area contributed by atoms with Crippen LogP contribution in [0.15, 0.2) is 11.4 Å².